The topological polar surface area (TPSA) is 23.1 Å². The van der Waals surface area contributed by atoms with Crippen LogP contribution < -0.4 is 0 Å². The van der Waals surface area contributed by atoms with Crippen LogP contribution >= 0.6 is 0 Å². The van der Waals surface area contributed by atoms with Gasteiger partial charge in [0.1, 0.15) is 11.4 Å². The van der Waals surface area contributed by atoms with Gasteiger partial charge < -0.3 is 4.55 Å². The Morgan fingerprint density at radius 3 is 2.17 bits per heavy atom. The first-order chi connectivity index (χ1) is 8.12. The van der Waals surface area contributed by atoms with Crippen LogP contribution in [0.2, 0.25) is 0 Å². The molecule has 2 rings (SSSR count). The monoisotopic (exact) mass is 292 g/mol. The maximum Gasteiger partial charge on any atom is 0.481 e. The largest absolute Gasteiger partial charge is 0.606 e. The molecule has 1 aliphatic rings. The van der Waals surface area contributed by atoms with E-state index in [2.05, 4.69) is 0 Å². The van der Waals surface area contributed by atoms with Crippen molar-refractivity contribution >= 4 is 11.2 Å². The molecule has 0 N–H and O–H groups in total. The molecule has 0 saturated carbocycles. The summed E-state index contributed by atoms with van der Waals surface area (Å²) >= 11 is -3.72. The Labute approximate surface area is 98.8 Å². The van der Waals surface area contributed by atoms with Crippen LogP contribution in [0.25, 0.3) is 0 Å². The highest BCUT2D eigenvalue weighted by Gasteiger charge is 2.75. The van der Waals surface area contributed by atoms with Crippen LogP contribution in [0.5, 0.6) is 0 Å². The van der Waals surface area contributed by atoms with Gasteiger partial charge in [-0.25, -0.2) is 13.2 Å². The van der Waals surface area contributed by atoms with E-state index in [1.807, 2.05) is 0 Å². The minimum atomic E-state index is -5.03. The van der Waals surface area contributed by atoms with E-state index in [0.717, 1.165) is 0 Å². The fourth-order valence-corrected chi connectivity index (χ4v) is 3.01. The van der Waals surface area contributed by atoms with E-state index in [-0.39, 0.29) is 12.1 Å². The van der Waals surface area contributed by atoms with Crippen LogP contribution in [0.3, 0.4) is 0 Å². The van der Waals surface area contributed by atoms with Gasteiger partial charge in [-0.2, -0.15) is 8.78 Å². The lowest BCUT2D eigenvalue weighted by Crippen LogP contribution is -2.38. The molecule has 0 radical (unpaired) electrons. The highest BCUT2D eigenvalue weighted by Crippen LogP contribution is 2.58. The number of fused-ring (bicyclic) bond motifs is 1. The van der Waals surface area contributed by atoms with Crippen LogP contribution in [0.1, 0.15) is 17.6 Å². The molecule has 0 amide bonds. The quantitative estimate of drug-likeness (QED) is 0.573. The van der Waals surface area contributed by atoms with Gasteiger partial charge in [-0.3, -0.25) is 0 Å². The number of alkyl halides is 6. The zero-order chi connectivity index (χ0) is 13.9. The number of halogens is 7. The van der Waals surface area contributed by atoms with Crippen LogP contribution in [-0.2, 0) is 17.1 Å². The number of rotatable bonds is 1. The van der Waals surface area contributed by atoms with E-state index in [0.29, 0.717) is 0 Å². The van der Waals surface area contributed by atoms with Gasteiger partial charge in [0.2, 0.25) is 0 Å². The van der Waals surface area contributed by atoms with Crippen molar-refractivity contribution in [2.75, 3.05) is 0 Å². The Morgan fingerprint density at radius 1 is 1.11 bits per heavy atom. The summed E-state index contributed by atoms with van der Waals surface area (Å²) in [7, 11) is 0. The minimum absolute atomic E-state index is 0.229. The Kier molecular flexibility index (Phi) is 2.82. The molecule has 1 atom stereocenters. The zero-order valence-electron chi connectivity index (χ0n) is 8.19. The molecule has 1 aromatic rings. The third kappa shape index (κ3) is 1.46. The van der Waals surface area contributed by atoms with Crippen LogP contribution in [0, 0.1) is 5.82 Å². The lowest BCUT2D eigenvalue weighted by Gasteiger charge is -2.17. The molecule has 9 heteroatoms. The van der Waals surface area contributed by atoms with E-state index in [1.54, 1.807) is 0 Å². The van der Waals surface area contributed by atoms with Crippen LogP contribution in [0.4, 0.5) is 30.7 Å². The van der Waals surface area contributed by atoms with Gasteiger partial charge in [-0.05, 0) is 12.1 Å². The molecule has 1 heterocycles. The second-order valence-electron chi connectivity index (χ2n) is 3.50. The Hall–Kier alpha value is -0.960. The van der Waals surface area contributed by atoms with E-state index in [1.165, 1.54) is 0 Å². The molecule has 18 heavy (non-hydrogen) atoms. The third-order valence-electron chi connectivity index (χ3n) is 2.48. The first kappa shape index (κ1) is 13.5. The third-order valence-corrected chi connectivity index (χ3v) is 4.02. The predicted molar refractivity (Wildman–Crippen MR) is 46.6 cm³/mol. The van der Waals surface area contributed by atoms with Crippen molar-refractivity contribution in [3.63, 3.8) is 0 Å². The van der Waals surface area contributed by atoms with Gasteiger partial charge in [-0.1, -0.05) is 0 Å². The van der Waals surface area contributed by atoms with Crippen molar-refractivity contribution in [2.24, 2.45) is 0 Å². The van der Waals surface area contributed by atoms with Crippen molar-refractivity contribution in [2.45, 2.75) is 22.5 Å². The Balaban J connectivity index is 2.79. The van der Waals surface area contributed by atoms with Gasteiger partial charge in [0, 0.05) is 0 Å². The Morgan fingerprint density at radius 2 is 1.67 bits per heavy atom. The average molecular weight is 292 g/mol. The van der Waals surface area contributed by atoms with Crippen LogP contribution in [-0.4, -0.2) is 9.81 Å². The van der Waals surface area contributed by atoms with Crippen molar-refractivity contribution in [3.05, 3.63) is 29.1 Å². The van der Waals surface area contributed by atoms with Crippen molar-refractivity contribution in [3.8, 4) is 0 Å². The maximum atomic E-state index is 13.2. The zero-order valence-corrected chi connectivity index (χ0v) is 9.01. The molecule has 0 aliphatic carbocycles. The molecule has 1 aromatic carbocycles. The van der Waals surface area contributed by atoms with Crippen molar-refractivity contribution < 1.29 is 35.3 Å². The summed E-state index contributed by atoms with van der Waals surface area (Å²) in [4.78, 5) is -1.51. The normalized spacial score (nSPS) is 24.4. The summed E-state index contributed by atoms with van der Waals surface area (Å²) in [5.41, 5.74) is -3.19. The predicted octanol–water partition coefficient (Wildman–Crippen LogP) is 3.57. The summed E-state index contributed by atoms with van der Waals surface area (Å²) in [6.07, 6.45) is -3.62. The summed E-state index contributed by atoms with van der Waals surface area (Å²) in [6, 6.07) is 0.474. The molecule has 0 saturated heterocycles. The summed E-state index contributed by atoms with van der Waals surface area (Å²) in [5, 5.41) is -5.03. The Bertz CT molecular complexity index is 502. The van der Waals surface area contributed by atoms with Gasteiger partial charge >= 0.3 is 11.2 Å². The van der Waals surface area contributed by atoms with Crippen molar-refractivity contribution in [1.29, 1.82) is 0 Å². The van der Waals surface area contributed by atoms with Gasteiger partial charge in [0.15, 0.2) is 4.90 Å². The fraction of sp³-hybridized carbons (Fsp3) is 0.333. The fourth-order valence-electron chi connectivity index (χ4n) is 1.63. The lowest BCUT2D eigenvalue weighted by molar-refractivity contribution is -0.158. The van der Waals surface area contributed by atoms with Crippen LogP contribution in [0.15, 0.2) is 17.0 Å². The molecule has 0 spiro atoms. The summed E-state index contributed by atoms with van der Waals surface area (Å²) in [5.74, 6) is -6.52. The number of hydrogen-bond acceptors (Lipinski definition) is 1. The van der Waals surface area contributed by atoms with Gasteiger partial charge in [0.25, 0.3) is 6.43 Å². The minimum Gasteiger partial charge on any atom is -0.606 e. The first-order valence-corrected chi connectivity index (χ1v) is 5.56. The molecule has 1 aliphatic heterocycles. The first-order valence-electron chi connectivity index (χ1n) is 4.41. The molecule has 0 fully saturated rings. The molecule has 0 bridgehead atoms. The molecule has 1 nitrogen and oxygen atoms in total. The van der Waals surface area contributed by atoms with E-state index >= 15 is 0 Å². The smallest absolute Gasteiger partial charge is 0.481 e. The van der Waals surface area contributed by atoms with Gasteiger partial charge in [-0.15, -0.1) is 8.78 Å². The molecular weight excluding hydrogens is 289 g/mol. The molecule has 100 valence electrons. The highest BCUT2D eigenvalue weighted by atomic mass is 32.2. The second kappa shape index (κ2) is 3.77. The summed E-state index contributed by atoms with van der Waals surface area (Å²) < 4.78 is 102. The second-order valence-corrected chi connectivity index (χ2v) is 4.96. The average Bonchev–Trinajstić information content (AvgIpc) is 2.37. The molecule has 0 aromatic heterocycles. The van der Waals surface area contributed by atoms with E-state index in [9.17, 15) is 35.3 Å². The van der Waals surface area contributed by atoms with Gasteiger partial charge in [0.05, 0.1) is 16.7 Å². The number of benzene rings is 1. The standard InChI is InChI=1S/C9H3F7OS/c10-4-2-1-3-6(5(4)7(11)12)18(17)9(15,16)8(3,13)14/h1-2,7H. The van der Waals surface area contributed by atoms with Crippen molar-refractivity contribution in [1.82, 2.24) is 0 Å². The SMILES string of the molecule is [O-][S+]1c2c(ccc(F)c2C(F)F)C(F)(F)C1(F)F. The number of hydrogen-bond donors (Lipinski definition) is 0. The molecular formula is C9H3F7OS. The lowest BCUT2D eigenvalue weighted by atomic mass is 10.1. The maximum absolute atomic E-state index is 13.2. The summed E-state index contributed by atoms with van der Waals surface area (Å²) in [6.45, 7) is 0. The highest BCUT2D eigenvalue weighted by molar-refractivity contribution is 7.93. The molecule has 1 unspecified atom stereocenters. The van der Waals surface area contributed by atoms with E-state index < -0.39 is 50.6 Å². The van der Waals surface area contributed by atoms with E-state index in [4.69, 9.17) is 0 Å².